The van der Waals surface area contributed by atoms with E-state index in [4.69, 9.17) is 10.6 Å². The zero-order valence-corrected chi connectivity index (χ0v) is 6.70. The van der Waals surface area contributed by atoms with E-state index in [1.165, 1.54) is 0 Å². The molecule has 0 radical (unpaired) electrons. The van der Waals surface area contributed by atoms with Crippen molar-refractivity contribution in [3.63, 3.8) is 0 Å². The van der Waals surface area contributed by atoms with Gasteiger partial charge in [-0.05, 0) is 0 Å². The second kappa shape index (κ2) is 3.06. The number of ether oxygens (including phenoxy) is 1. The quantitative estimate of drug-likeness (QED) is 0.452. The van der Waals surface area contributed by atoms with Crippen LogP contribution in [0.3, 0.4) is 0 Å². The van der Waals surface area contributed by atoms with Crippen molar-refractivity contribution in [1.82, 2.24) is 9.91 Å². The monoisotopic (exact) mass is 157 g/mol. The van der Waals surface area contributed by atoms with E-state index in [0.29, 0.717) is 6.04 Å². The van der Waals surface area contributed by atoms with Crippen molar-refractivity contribution in [2.24, 2.45) is 5.84 Å². The maximum atomic E-state index is 5.69. The van der Waals surface area contributed by atoms with Gasteiger partial charge in [0.15, 0.2) is 0 Å². The van der Waals surface area contributed by atoms with E-state index >= 15 is 0 Å². The van der Waals surface area contributed by atoms with Gasteiger partial charge in [-0.1, -0.05) is 0 Å². The first-order valence-electron chi connectivity index (χ1n) is 4.18. The number of nitrogens with zero attached hydrogens (tertiary/aromatic N) is 2. The van der Waals surface area contributed by atoms with Gasteiger partial charge in [0.05, 0.1) is 13.2 Å². The Morgan fingerprint density at radius 2 is 2.18 bits per heavy atom. The lowest BCUT2D eigenvalue weighted by Gasteiger charge is -2.42. The molecule has 0 aromatic rings. The number of rotatable bonds is 0. The molecule has 2 aliphatic rings. The highest BCUT2D eigenvalue weighted by atomic mass is 16.5. The molecule has 0 aromatic heterocycles. The first-order valence-corrected chi connectivity index (χ1v) is 4.18. The van der Waals surface area contributed by atoms with Crippen LogP contribution in [0.15, 0.2) is 0 Å². The topological polar surface area (TPSA) is 41.7 Å². The molecule has 0 aromatic carbocycles. The zero-order valence-electron chi connectivity index (χ0n) is 6.70. The predicted molar refractivity (Wildman–Crippen MR) is 41.9 cm³/mol. The van der Waals surface area contributed by atoms with Crippen molar-refractivity contribution in [2.45, 2.75) is 6.04 Å². The smallest absolute Gasteiger partial charge is 0.0635 e. The van der Waals surface area contributed by atoms with Crippen molar-refractivity contribution in [3.05, 3.63) is 0 Å². The molecule has 0 unspecified atom stereocenters. The number of piperazine rings is 1. The molecular weight excluding hydrogens is 142 g/mol. The summed E-state index contributed by atoms with van der Waals surface area (Å²) in [7, 11) is 0. The van der Waals surface area contributed by atoms with E-state index in [9.17, 15) is 0 Å². The van der Waals surface area contributed by atoms with Crippen LogP contribution in [0.5, 0.6) is 0 Å². The standard InChI is InChI=1S/C7H15N3O/c8-10-2-1-9-3-4-11-6-7(9)5-10/h7H,1-6,8H2/t7-/m0/s1. The molecule has 0 spiro atoms. The van der Waals surface area contributed by atoms with Gasteiger partial charge in [0.1, 0.15) is 0 Å². The molecule has 2 fully saturated rings. The second-order valence-electron chi connectivity index (χ2n) is 3.26. The third-order valence-corrected chi connectivity index (χ3v) is 2.47. The minimum atomic E-state index is 0.544. The SMILES string of the molecule is NN1CCN2CCOC[C@@H]2C1. The molecule has 2 aliphatic heterocycles. The van der Waals surface area contributed by atoms with Crippen molar-refractivity contribution in [1.29, 1.82) is 0 Å². The van der Waals surface area contributed by atoms with Gasteiger partial charge in [-0.2, -0.15) is 0 Å². The van der Waals surface area contributed by atoms with Crippen LogP contribution in [0.2, 0.25) is 0 Å². The number of morpholine rings is 1. The van der Waals surface area contributed by atoms with E-state index in [1.54, 1.807) is 0 Å². The van der Waals surface area contributed by atoms with Gasteiger partial charge in [-0.25, -0.2) is 5.01 Å². The molecule has 4 nitrogen and oxygen atoms in total. The molecule has 64 valence electrons. The highest BCUT2D eigenvalue weighted by Gasteiger charge is 2.27. The summed E-state index contributed by atoms with van der Waals surface area (Å²) < 4.78 is 5.36. The number of hydrogen-bond donors (Lipinski definition) is 1. The average Bonchev–Trinajstić information content (AvgIpc) is 2.04. The Morgan fingerprint density at radius 3 is 3.09 bits per heavy atom. The van der Waals surface area contributed by atoms with Gasteiger partial charge in [0.25, 0.3) is 0 Å². The minimum absolute atomic E-state index is 0.544. The third-order valence-electron chi connectivity index (χ3n) is 2.47. The van der Waals surface area contributed by atoms with Crippen molar-refractivity contribution in [3.8, 4) is 0 Å². The molecule has 2 heterocycles. The van der Waals surface area contributed by atoms with Crippen LogP contribution in [0, 0.1) is 0 Å². The Labute approximate surface area is 66.9 Å². The van der Waals surface area contributed by atoms with E-state index in [1.807, 2.05) is 5.01 Å². The van der Waals surface area contributed by atoms with Crippen LogP contribution in [-0.2, 0) is 4.74 Å². The predicted octanol–water partition coefficient (Wildman–Crippen LogP) is -1.12. The molecule has 2 N–H and O–H groups in total. The largest absolute Gasteiger partial charge is 0.378 e. The normalized spacial score (nSPS) is 35.2. The summed E-state index contributed by atoms with van der Waals surface area (Å²) in [5, 5.41) is 1.88. The Kier molecular flexibility index (Phi) is 2.09. The fraction of sp³-hybridized carbons (Fsp3) is 1.00. The molecule has 2 rings (SSSR count). The number of hydrogen-bond acceptors (Lipinski definition) is 4. The van der Waals surface area contributed by atoms with Crippen LogP contribution in [0.1, 0.15) is 0 Å². The third kappa shape index (κ3) is 1.54. The average molecular weight is 157 g/mol. The summed E-state index contributed by atoms with van der Waals surface area (Å²) in [6.07, 6.45) is 0. The van der Waals surface area contributed by atoms with Gasteiger partial charge < -0.3 is 4.74 Å². The van der Waals surface area contributed by atoms with E-state index in [-0.39, 0.29) is 0 Å². The summed E-state index contributed by atoms with van der Waals surface area (Å²) in [6, 6.07) is 0.544. The molecule has 1 atom stereocenters. The van der Waals surface area contributed by atoms with E-state index in [0.717, 1.165) is 39.4 Å². The van der Waals surface area contributed by atoms with Gasteiger partial charge >= 0.3 is 0 Å². The van der Waals surface area contributed by atoms with Gasteiger partial charge in [0.2, 0.25) is 0 Å². The van der Waals surface area contributed by atoms with Crippen molar-refractivity contribution < 1.29 is 4.74 Å². The summed E-state index contributed by atoms with van der Waals surface area (Å²) in [4.78, 5) is 2.47. The highest BCUT2D eigenvalue weighted by molar-refractivity contribution is 4.81. The lowest BCUT2D eigenvalue weighted by molar-refractivity contribution is -0.0448. The Balaban J connectivity index is 1.93. The fourth-order valence-corrected chi connectivity index (χ4v) is 1.77. The molecule has 0 aliphatic carbocycles. The zero-order chi connectivity index (χ0) is 7.68. The maximum absolute atomic E-state index is 5.69. The van der Waals surface area contributed by atoms with Gasteiger partial charge in [-0.15, -0.1) is 0 Å². The molecule has 11 heavy (non-hydrogen) atoms. The van der Waals surface area contributed by atoms with Crippen LogP contribution >= 0.6 is 0 Å². The molecule has 0 amide bonds. The minimum Gasteiger partial charge on any atom is -0.378 e. The lowest BCUT2D eigenvalue weighted by atomic mass is 10.2. The van der Waals surface area contributed by atoms with Gasteiger partial charge in [0, 0.05) is 32.2 Å². The summed E-state index contributed by atoms with van der Waals surface area (Å²) in [5.74, 6) is 5.69. The van der Waals surface area contributed by atoms with E-state index < -0.39 is 0 Å². The number of hydrazine groups is 1. The lowest BCUT2D eigenvalue weighted by Crippen LogP contribution is -2.59. The molecule has 4 heteroatoms. The van der Waals surface area contributed by atoms with Crippen LogP contribution in [-0.4, -0.2) is 55.3 Å². The van der Waals surface area contributed by atoms with Crippen LogP contribution in [0.25, 0.3) is 0 Å². The number of fused-ring (bicyclic) bond motifs is 1. The van der Waals surface area contributed by atoms with Crippen molar-refractivity contribution >= 4 is 0 Å². The summed E-state index contributed by atoms with van der Waals surface area (Å²) in [6.45, 7) is 5.88. The Bertz CT molecular complexity index is 142. The molecule has 2 saturated heterocycles. The fourth-order valence-electron chi connectivity index (χ4n) is 1.77. The van der Waals surface area contributed by atoms with Crippen molar-refractivity contribution in [2.75, 3.05) is 39.4 Å². The summed E-state index contributed by atoms with van der Waals surface area (Å²) >= 11 is 0. The maximum Gasteiger partial charge on any atom is 0.0635 e. The molecular formula is C7H15N3O. The Morgan fingerprint density at radius 1 is 1.27 bits per heavy atom. The Hall–Kier alpha value is -0.160. The molecule has 0 saturated carbocycles. The first kappa shape index (κ1) is 7.49. The summed E-state index contributed by atoms with van der Waals surface area (Å²) in [5.41, 5.74) is 0. The second-order valence-corrected chi connectivity index (χ2v) is 3.26. The molecule has 0 bridgehead atoms. The highest BCUT2D eigenvalue weighted by Crippen LogP contribution is 2.10. The van der Waals surface area contributed by atoms with Gasteiger partial charge in [-0.3, -0.25) is 10.7 Å². The van der Waals surface area contributed by atoms with Crippen LogP contribution < -0.4 is 5.84 Å². The first-order chi connectivity index (χ1) is 5.36. The van der Waals surface area contributed by atoms with E-state index in [2.05, 4.69) is 4.90 Å². The number of nitrogens with two attached hydrogens (primary N) is 1. The van der Waals surface area contributed by atoms with Crippen LogP contribution in [0.4, 0.5) is 0 Å².